The van der Waals surface area contributed by atoms with E-state index in [1.54, 1.807) is 20.0 Å². The van der Waals surface area contributed by atoms with Gasteiger partial charge in [0.1, 0.15) is 0 Å². The predicted molar refractivity (Wildman–Crippen MR) is 74.2 cm³/mol. The first-order valence-electron chi connectivity index (χ1n) is 5.69. The molecule has 1 aromatic carbocycles. The number of nitrogens with zero attached hydrogens (tertiary/aromatic N) is 1. The number of halogens is 1. The molecule has 1 aromatic rings. The molecule has 0 bridgehead atoms. The molecular weight excluding hydrogens is 272 g/mol. The molecule has 0 amide bonds. The number of hydrogen-bond acceptors (Lipinski definition) is 3. The van der Waals surface area contributed by atoms with E-state index in [0.29, 0.717) is 10.6 Å². The van der Waals surface area contributed by atoms with Crippen molar-refractivity contribution in [1.82, 2.24) is 4.31 Å². The highest BCUT2D eigenvalue weighted by Gasteiger charge is 2.26. The average Bonchev–Trinajstić information content (AvgIpc) is 2.30. The quantitative estimate of drug-likeness (QED) is 0.924. The number of benzene rings is 1. The molecule has 0 aliphatic rings. The van der Waals surface area contributed by atoms with Crippen LogP contribution in [0.3, 0.4) is 0 Å². The SMILES string of the molecule is Cc1c(CN)cc(Cl)cc1S(=O)(=O)N(C)C(C)C. The lowest BCUT2D eigenvalue weighted by Crippen LogP contribution is -2.33. The van der Waals surface area contributed by atoms with Crippen LogP contribution in [0.15, 0.2) is 17.0 Å². The molecule has 0 aliphatic heterocycles. The van der Waals surface area contributed by atoms with Crippen LogP contribution in [0, 0.1) is 6.92 Å². The van der Waals surface area contributed by atoms with E-state index in [4.69, 9.17) is 17.3 Å². The molecule has 0 spiro atoms. The highest BCUT2D eigenvalue weighted by atomic mass is 35.5. The van der Waals surface area contributed by atoms with Gasteiger partial charge in [-0.1, -0.05) is 11.6 Å². The van der Waals surface area contributed by atoms with Gasteiger partial charge >= 0.3 is 0 Å². The first-order valence-corrected chi connectivity index (χ1v) is 7.50. The summed E-state index contributed by atoms with van der Waals surface area (Å²) in [4.78, 5) is 0.228. The number of nitrogens with two attached hydrogens (primary N) is 1. The zero-order valence-corrected chi connectivity index (χ0v) is 12.6. The number of rotatable bonds is 4. The minimum atomic E-state index is -3.53. The summed E-state index contributed by atoms with van der Waals surface area (Å²) in [5.41, 5.74) is 7.01. The zero-order valence-electron chi connectivity index (χ0n) is 11.1. The van der Waals surface area contributed by atoms with Crippen molar-refractivity contribution in [2.45, 2.75) is 38.3 Å². The molecule has 0 saturated carbocycles. The number of hydrogen-bond donors (Lipinski definition) is 1. The predicted octanol–water partition coefficient (Wildman–Crippen LogP) is 2.14. The molecule has 4 nitrogen and oxygen atoms in total. The van der Waals surface area contributed by atoms with Crippen molar-refractivity contribution in [2.75, 3.05) is 7.05 Å². The Bertz CT molecular complexity index is 541. The molecule has 0 aromatic heterocycles. The van der Waals surface area contributed by atoms with Gasteiger partial charge in [0.15, 0.2) is 0 Å². The fraction of sp³-hybridized carbons (Fsp3) is 0.500. The van der Waals surface area contributed by atoms with Gasteiger partial charge in [-0.2, -0.15) is 4.31 Å². The lowest BCUT2D eigenvalue weighted by Gasteiger charge is -2.23. The minimum Gasteiger partial charge on any atom is -0.326 e. The van der Waals surface area contributed by atoms with Crippen LogP contribution in [-0.2, 0) is 16.6 Å². The number of sulfonamides is 1. The van der Waals surface area contributed by atoms with Crippen LogP contribution in [0.1, 0.15) is 25.0 Å². The van der Waals surface area contributed by atoms with Crippen molar-refractivity contribution < 1.29 is 8.42 Å². The Hall–Kier alpha value is -0.620. The molecule has 0 aliphatic carbocycles. The lowest BCUT2D eigenvalue weighted by molar-refractivity contribution is 0.410. The first kappa shape index (κ1) is 15.4. The molecule has 1 rings (SSSR count). The molecule has 0 unspecified atom stereocenters. The average molecular weight is 291 g/mol. The molecule has 2 N–H and O–H groups in total. The summed E-state index contributed by atoms with van der Waals surface area (Å²) in [5, 5.41) is 0.386. The van der Waals surface area contributed by atoms with E-state index in [0.717, 1.165) is 5.56 Å². The second-order valence-corrected chi connectivity index (χ2v) is 6.91. The molecule has 0 radical (unpaired) electrons. The van der Waals surface area contributed by atoms with Crippen LogP contribution in [0.5, 0.6) is 0 Å². The third-order valence-electron chi connectivity index (χ3n) is 3.04. The van der Waals surface area contributed by atoms with E-state index in [-0.39, 0.29) is 17.5 Å². The van der Waals surface area contributed by atoms with Crippen molar-refractivity contribution in [3.05, 3.63) is 28.3 Å². The van der Waals surface area contributed by atoms with E-state index in [2.05, 4.69) is 0 Å². The zero-order chi connectivity index (χ0) is 14.1. The van der Waals surface area contributed by atoms with Crippen LogP contribution in [0.2, 0.25) is 5.02 Å². The second-order valence-electron chi connectivity index (χ2n) is 4.51. The molecular formula is C12H19ClN2O2S. The summed E-state index contributed by atoms with van der Waals surface area (Å²) < 4.78 is 26.2. The summed E-state index contributed by atoms with van der Waals surface area (Å²) in [6, 6.07) is 3.06. The standard InChI is InChI=1S/C12H19ClN2O2S/c1-8(2)15(4)18(16,17)12-6-11(13)5-10(7-14)9(12)3/h5-6,8H,7,14H2,1-4H3. The maximum Gasteiger partial charge on any atom is 0.243 e. The van der Waals surface area contributed by atoms with Gasteiger partial charge in [0.2, 0.25) is 10.0 Å². The molecule has 6 heteroatoms. The Morgan fingerprint density at radius 1 is 1.39 bits per heavy atom. The Labute approximate surface area is 114 Å². The smallest absolute Gasteiger partial charge is 0.243 e. The molecule has 0 saturated heterocycles. The largest absolute Gasteiger partial charge is 0.326 e. The van der Waals surface area contributed by atoms with Crippen LogP contribution < -0.4 is 5.73 Å². The summed E-state index contributed by atoms with van der Waals surface area (Å²) in [7, 11) is -1.97. The fourth-order valence-electron chi connectivity index (χ4n) is 1.62. The van der Waals surface area contributed by atoms with Crippen LogP contribution in [0.25, 0.3) is 0 Å². The van der Waals surface area contributed by atoms with Crippen LogP contribution in [0.4, 0.5) is 0 Å². The Morgan fingerprint density at radius 2 is 1.94 bits per heavy atom. The monoisotopic (exact) mass is 290 g/mol. The second kappa shape index (κ2) is 5.57. The maximum absolute atomic E-state index is 12.4. The summed E-state index contributed by atoms with van der Waals surface area (Å²) >= 11 is 5.95. The van der Waals surface area contributed by atoms with Crippen LogP contribution in [-0.4, -0.2) is 25.8 Å². The molecule has 18 heavy (non-hydrogen) atoms. The normalized spacial score (nSPS) is 12.4. The van der Waals surface area contributed by atoms with Crippen molar-refractivity contribution in [2.24, 2.45) is 5.73 Å². The minimum absolute atomic E-state index is 0.116. The van der Waals surface area contributed by atoms with Gasteiger partial charge in [-0.3, -0.25) is 0 Å². The maximum atomic E-state index is 12.4. The van der Waals surface area contributed by atoms with Crippen LogP contribution >= 0.6 is 11.6 Å². The Morgan fingerprint density at radius 3 is 2.39 bits per heavy atom. The van der Waals surface area contributed by atoms with Gasteiger partial charge in [0.25, 0.3) is 0 Å². The summed E-state index contributed by atoms with van der Waals surface area (Å²) in [6.07, 6.45) is 0. The molecule has 102 valence electrons. The molecule has 0 heterocycles. The van der Waals surface area contributed by atoms with E-state index >= 15 is 0 Å². The van der Waals surface area contributed by atoms with Gasteiger partial charge in [-0.15, -0.1) is 0 Å². The highest BCUT2D eigenvalue weighted by Crippen LogP contribution is 2.27. The third kappa shape index (κ3) is 2.85. The van der Waals surface area contributed by atoms with Crippen molar-refractivity contribution in [3.8, 4) is 0 Å². The van der Waals surface area contributed by atoms with Gasteiger partial charge in [-0.25, -0.2) is 8.42 Å². The lowest BCUT2D eigenvalue weighted by atomic mass is 10.1. The van der Waals surface area contributed by atoms with E-state index in [1.165, 1.54) is 10.4 Å². The van der Waals surface area contributed by atoms with E-state index in [9.17, 15) is 8.42 Å². The van der Waals surface area contributed by atoms with Gasteiger partial charge < -0.3 is 5.73 Å². The highest BCUT2D eigenvalue weighted by molar-refractivity contribution is 7.89. The van der Waals surface area contributed by atoms with Gasteiger partial charge in [0.05, 0.1) is 4.90 Å². The van der Waals surface area contributed by atoms with Crippen molar-refractivity contribution >= 4 is 21.6 Å². The Kier molecular flexibility index (Phi) is 4.78. The topological polar surface area (TPSA) is 63.4 Å². The summed E-state index contributed by atoms with van der Waals surface area (Å²) in [5.74, 6) is 0. The van der Waals surface area contributed by atoms with Crippen molar-refractivity contribution in [3.63, 3.8) is 0 Å². The van der Waals surface area contributed by atoms with E-state index < -0.39 is 10.0 Å². The van der Waals surface area contributed by atoms with Crippen molar-refractivity contribution in [1.29, 1.82) is 0 Å². The Balaban J connectivity index is 3.46. The third-order valence-corrected chi connectivity index (χ3v) is 5.41. The fourth-order valence-corrected chi connectivity index (χ4v) is 3.59. The molecule has 0 fully saturated rings. The summed E-state index contributed by atoms with van der Waals surface area (Å²) in [6.45, 7) is 5.66. The van der Waals surface area contributed by atoms with Gasteiger partial charge in [0, 0.05) is 24.7 Å². The molecule has 0 atom stereocenters. The van der Waals surface area contributed by atoms with E-state index in [1.807, 2.05) is 13.8 Å². The first-order chi connectivity index (χ1) is 8.21. The van der Waals surface area contributed by atoms with Gasteiger partial charge in [-0.05, 0) is 44.0 Å².